The van der Waals surface area contributed by atoms with Gasteiger partial charge in [-0.1, -0.05) is 22.8 Å². The van der Waals surface area contributed by atoms with E-state index in [0.29, 0.717) is 22.0 Å². The molecule has 1 N–H and O–H groups in total. The van der Waals surface area contributed by atoms with Crippen LogP contribution in [0.3, 0.4) is 0 Å². The summed E-state index contributed by atoms with van der Waals surface area (Å²) in [6, 6.07) is 12.5. The molecule has 1 amide bonds. The summed E-state index contributed by atoms with van der Waals surface area (Å²) in [6.07, 6.45) is 0. The lowest BCUT2D eigenvalue weighted by Crippen LogP contribution is -2.13. The van der Waals surface area contributed by atoms with Gasteiger partial charge < -0.3 is 9.84 Å². The van der Waals surface area contributed by atoms with Gasteiger partial charge in [0, 0.05) is 22.3 Å². The molecule has 3 aromatic rings. The first kappa shape index (κ1) is 15.2. The van der Waals surface area contributed by atoms with E-state index in [2.05, 4.69) is 10.5 Å². The summed E-state index contributed by atoms with van der Waals surface area (Å²) in [5.74, 6) is -0.367. The number of anilines is 1. The van der Waals surface area contributed by atoms with Crippen LogP contribution in [0.2, 0.25) is 5.02 Å². The van der Waals surface area contributed by atoms with Crippen LogP contribution in [0.4, 0.5) is 10.1 Å². The second-order valence-electron chi connectivity index (χ2n) is 5.00. The van der Waals surface area contributed by atoms with Gasteiger partial charge in [0.2, 0.25) is 0 Å². The Bertz CT molecular complexity index is 859. The number of aromatic nitrogens is 1. The van der Waals surface area contributed by atoms with Crippen LogP contribution in [0.15, 0.2) is 53.1 Å². The number of benzene rings is 2. The van der Waals surface area contributed by atoms with Crippen LogP contribution in [0.1, 0.15) is 16.1 Å². The smallest absolute Gasteiger partial charge is 0.277 e. The third-order valence-corrected chi connectivity index (χ3v) is 3.55. The zero-order valence-corrected chi connectivity index (χ0v) is 12.9. The van der Waals surface area contributed by atoms with Crippen molar-refractivity contribution in [3.63, 3.8) is 0 Å². The van der Waals surface area contributed by atoms with Crippen LogP contribution in [0.25, 0.3) is 11.3 Å². The summed E-state index contributed by atoms with van der Waals surface area (Å²) in [7, 11) is 0. The molecular weight excluding hydrogens is 319 g/mol. The fraction of sp³-hybridized carbons (Fsp3) is 0.0588. The predicted molar refractivity (Wildman–Crippen MR) is 86.0 cm³/mol. The van der Waals surface area contributed by atoms with E-state index in [1.54, 1.807) is 24.3 Å². The van der Waals surface area contributed by atoms with Crippen molar-refractivity contribution in [3.05, 3.63) is 70.6 Å². The number of nitrogens with zero attached hydrogens (tertiary/aromatic N) is 1. The molecule has 0 fully saturated rings. The number of hydrogen-bond donors (Lipinski definition) is 1. The molecule has 0 aliphatic carbocycles. The Morgan fingerprint density at radius 1 is 1.17 bits per heavy atom. The van der Waals surface area contributed by atoms with Gasteiger partial charge in [0.15, 0.2) is 11.5 Å². The molecule has 0 aliphatic rings. The summed E-state index contributed by atoms with van der Waals surface area (Å²) >= 11 is 5.93. The SMILES string of the molecule is Cc1ccc(Cl)cc1NC(=O)c1cc(-c2ccc(F)cc2)on1. The highest BCUT2D eigenvalue weighted by Crippen LogP contribution is 2.23. The van der Waals surface area contributed by atoms with Crippen molar-refractivity contribution < 1.29 is 13.7 Å². The van der Waals surface area contributed by atoms with E-state index >= 15 is 0 Å². The van der Waals surface area contributed by atoms with E-state index in [1.807, 2.05) is 13.0 Å². The minimum Gasteiger partial charge on any atom is -0.355 e. The maximum absolute atomic E-state index is 12.9. The maximum Gasteiger partial charge on any atom is 0.277 e. The molecule has 2 aromatic carbocycles. The van der Waals surface area contributed by atoms with E-state index < -0.39 is 5.91 Å². The molecule has 0 unspecified atom stereocenters. The normalized spacial score (nSPS) is 10.6. The van der Waals surface area contributed by atoms with E-state index in [4.69, 9.17) is 16.1 Å². The summed E-state index contributed by atoms with van der Waals surface area (Å²) in [4.78, 5) is 12.2. The van der Waals surface area contributed by atoms with Crippen molar-refractivity contribution in [2.75, 3.05) is 5.32 Å². The van der Waals surface area contributed by atoms with E-state index in [9.17, 15) is 9.18 Å². The van der Waals surface area contributed by atoms with Crippen LogP contribution < -0.4 is 5.32 Å². The number of hydrogen-bond acceptors (Lipinski definition) is 3. The average Bonchev–Trinajstić information content (AvgIpc) is 3.02. The van der Waals surface area contributed by atoms with Crippen molar-refractivity contribution in [1.82, 2.24) is 5.16 Å². The largest absolute Gasteiger partial charge is 0.355 e. The predicted octanol–water partition coefficient (Wildman–Crippen LogP) is 4.69. The molecule has 6 heteroatoms. The van der Waals surface area contributed by atoms with Gasteiger partial charge in [-0.05, 0) is 48.9 Å². The van der Waals surface area contributed by atoms with Gasteiger partial charge in [0.05, 0.1) is 0 Å². The summed E-state index contributed by atoms with van der Waals surface area (Å²) < 4.78 is 18.1. The molecule has 1 aromatic heterocycles. The number of aryl methyl sites for hydroxylation is 1. The maximum atomic E-state index is 12.9. The Morgan fingerprint density at radius 2 is 1.91 bits per heavy atom. The lowest BCUT2D eigenvalue weighted by atomic mass is 10.1. The minimum atomic E-state index is -0.410. The molecule has 23 heavy (non-hydrogen) atoms. The lowest BCUT2D eigenvalue weighted by Gasteiger charge is -2.06. The molecule has 0 atom stereocenters. The van der Waals surface area contributed by atoms with Crippen molar-refractivity contribution in [2.45, 2.75) is 6.92 Å². The van der Waals surface area contributed by atoms with Gasteiger partial charge in [0.1, 0.15) is 5.82 Å². The Kier molecular flexibility index (Phi) is 4.12. The first-order valence-corrected chi connectivity index (χ1v) is 7.21. The number of amides is 1. The molecule has 1 heterocycles. The number of nitrogens with one attached hydrogen (secondary N) is 1. The first-order valence-electron chi connectivity index (χ1n) is 6.83. The third-order valence-electron chi connectivity index (χ3n) is 3.32. The van der Waals surface area contributed by atoms with E-state index in [0.717, 1.165) is 5.56 Å². The fourth-order valence-corrected chi connectivity index (χ4v) is 2.22. The first-order chi connectivity index (χ1) is 11.0. The van der Waals surface area contributed by atoms with E-state index in [1.165, 1.54) is 18.2 Å². The number of rotatable bonds is 3. The molecule has 0 saturated heterocycles. The Labute approximate surface area is 136 Å². The van der Waals surface area contributed by atoms with Crippen molar-refractivity contribution >= 4 is 23.2 Å². The Hall–Kier alpha value is -2.66. The van der Waals surface area contributed by atoms with Crippen LogP contribution in [-0.4, -0.2) is 11.1 Å². The van der Waals surface area contributed by atoms with Gasteiger partial charge in [-0.15, -0.1) is 0 Å². The van der Waals surface area contributed by atoms with Crippen molar-refractivity contribution in [1.29, 1.82) is 0 Å². The molecule has 4 nitrogen and oxygen atoms in total. The highest BCUT2D eigenvalue weighted by atomic mass is 35.5. The van der Waals surface area contributed by atoms with Crippen LogP contribution in [-0.2, 0) is 0 Å². The average molecular weight is 331 g/mol. The molecule has 0 radical (unpaired) electrons. The van der Waals surface area contributed by atoms with Gasteiger partial charge in [0.25, 0.3) is 5.91 Å². The van der Waals surface area contributed by atoms with Crippen LogP contribution in [0, 0.1) is 12.7 Å². The molecule has 0 bridgehead atoms. The monoisotopic (exact) mass is 330 g/mol. The summed E-state index contributed by atoms with van der Waals surface area (Å²) in [5, 5.41) is 7.01. The fourth-order valence-electron chi connectivity index (χ4n) is 2.05. The number of halogens is 2. The summed E-state index contributed by atoms with van der Waals surface area (Å²) in [6.45, 7) is 1.86. The zero-order valence-electron chi connectivity index (χ0n) is 12.1. The topological polar surface area (TPSA) is 55.1 Å². The Morgan fingerprint density at radius 3 is 2.65 bits per heavy atom. The second-order valence-corrected chi connectivity index (χ2v) is 5.43. The van der Waals surface area contributed by atoms with Crippen LogP contribution in [0.5, 0.6) is 0 Å². The molecule has 0 saturated carbocycles. The quantitative estimate of drug-likeness (QED) is 0.757. The Balaban J connectivity index is 1.81. The highest BCUT2D eigenvalue weighted by molar-refractivity contribution is 6.31. The van der Waals surface area contributed by atoms with Gasteiger partial charge in [-0.3, -0.25) is 4.79 Å². The molecule has 116 valence electrons. The second kappa shape index (κ2) is 6.22. The standard InChI is InChI=1S/C17H12ClFN2O2/c1-10-2-5-12(18)8-14(10)20-17(22)15-9-16(23-21-15)11-3-6-13(19)7-4-11/h2-9H,1H3,(H,20,22). The third kappa shape index (κ3) is 3.40. The van der Waals surface area contributed by atoms with E-state index in [-0.39, 0.29) is 11.5 Å². The number of carbonyl (C=O) groups excluding carboxylic acids is 1. The lowest BCUT2D eigenvalue weighted by molar-refractivity contribution is 0.101. The summed E-state index contributed by atoms with van der Waals surface area (Å²) in [5.41, 5.74) is 2.25. The zero-order chi connectivity index (χ0) is 16.4. The highest BCUT2D eigenvalue weighted by Gasteiger charge is 2.15. The van der Waals surface area contributed by atoms with Crippen molar-refractivity contribution in [2.24, 2.45) is 0 Å². The van der Waals surface area contributed by atoms with Gasteiger partial charge >= 0.3 is 0 Å². The minimum absolute atomic E-state index is 0.128. The number of carbonyl (C=O) groups is 1. The van der Waals surface area contributed by atoms with Crippen LogP contribution >= 0.6 is 11.6 Å². The molecular formula is C17H12ClFN2O2. The molecule has 0 aliphatic heterocycles. The van der Waals surface area contributed by atoms with Gasteiger partial charge in [-0.25, -0.2) is 4.39 Å². The van der Waals surface area contributed by atoms with Gasteiger partial charge in [-0.2, -0.15) is 0 Å². The molecule has 3 rings (SSSR count). The van der Waals surface area contributed by atoms with Crippen molar-refractivity contribution in [3.8, 4) is 11.3 Å². The molecule has 0 spiro atoms.